The topological polar surface area (TPSA) is 92.4 Å². The van der Waals surface area contributed by atoms with Crippen LogP contribution in [0.25, 0.3) is 0 Å². The van der Waals surface area contributed by atoms with Crippen LogP contribution in [0, 0.1) is 0 Å². The number of primary amides is 1. The quantitative estimate of drug-likeness (QED) is 0.785. The molecule has 2 amide bonds. The Morgan fingerprint density at radius 1 is 1.05 bits per heavy atom. The number of aliphatic hydroxyl groups excluding tert-OH is 1. The third-order valence-electron chi connectivity index (χ3n) is 2.78. The minimum absolute atomic E-state index is 0.289. The number of carbonyl (C=O) groups excluding carboxylic acids is 2. The van der Waals surface area contributed by atoms with Crippen molar-refractivity contribution in [2.75, 3.05) is 5.32 Å². The van der Waals surface area contributed by atoms with Gasteiger partial charge in [-0.3, -0.25) is 9.59 Å². The number of amides is 2. The number of nitrogens with two attached hydrogens (primary N) is 1. The van der Waals surface area contributed by atoms with Gasteiger partial charge < -0.3 is 16.2 Å². The normalized spacial score (nSPS) is 11.7. The molecule has 20 heavy (non-hydrogen) atoms. The molecule has 2 aromatic rings. The predicted octanol–water partition coefficient (Wildman–Crippen LogP) is 1.46. The first-order valence-corrected chi connectivity index (χ1v) is 6.01. The summed E-state index contributed by atoms with van der Waals surface area (Å²) in [7, 11) is 0. The molecule has 0 aromatic heterocycles. The van der Waals surface area contributed by atoms with Gasteiger partial charge in [0.15, 0.2) is 6.10 Å². The zero-order chi connectivity index (χ0) is 14.5. The van der Waals surface area contributed by atoms with Gasteiger partial charge in [-0.25, -0.2) is 0 Å². The molecule has 0 aliphatic carbocycles. The fraction of sp³-hybridized carbons (Fsp3) is 0.0667. The van der Waals surface area contributed by atoms with Crippen molar-refractivity contribution in [1.82, 2.24) is 0 Å². The van der Waals surface area contributed by atoms with Crippen molar-refractivity contribution in [3.63, 3.8) is 0 Å². The summed E-state index contributed by atoms with van der Waals surface area (Å²) < 4.78 is 0. The smallest absolute Gasteiger partial charge is 0.257 e. The molecule has 0 aliphatic heterocycles. The fourth-order valence-electron chi connectivity index (χ4n) is 1.75. The minimum atomic E-state index is -1.27. The number of hydrogen-bond acceptors (Lipinski definition) is 3. The number of anilines is 1. The maximum Gasteiger partial charge on any atom is 0.257 e. The third kappa shape index (κ3) is 3.21. The van der Waals surface area contributed by atoms with Crippen LogP contribution in [-0.2, 0) is 4.79 Å². The highest BCUT2D eigenvalue weighted by atomic mass is 16.3. The van der Waals surface area contributed by atoms with Crippen LogP contribution in [0.5, 0.6) is 0 Å². The van der Waals surface area contributed by atoms with Crippen LogP contribution in [0.4, 0.5) is 5.69 Å². The number of nitrogens with one attached hydrogen (secondary N) is 1. The van der Waals surface area contributed by atoms with E-state index >= 15 is 0 Å². The number of rotatable bonds is 4. The molecule has 4 N–H and O–H groups in total. The molecule has 5 heteroatoms. The van der Waals surface area contributed by atoms with Crippen LogP contribution in [0.2, 0.25) is 0 Å². The summed E-state index contributed by atoms with van der Waals surface area (Å²) >= 11 is 0. The molecule has 0 radical (unpaired) electrons. The van der Waals surface area contributed by atoms with E-state index in [1.165, 1.54) is 6.07 Å². The second-order valence-electron chi connectivity index (χ2n) is 4.25. The van der Waals surface area contributed by atoms with E-state index in [0.717, 1.165) is 0 Å². The van der Waals surface area contributed by atoms with Crippen molar-refractivity contribution in [1.29, 1.82) is 0 Å². The first-order chi connectivity index (χ1) is 9.58. The van der Waals surface area contributed by atoms with Gasteiger partial charge in [-0.2, -0.15) is 0 Å². The van der Waals surface area contributed by atoms with Crippen LogP contribution in [-0.4, -0.2) is 16.9 Å². The molecule has 0 saturated heterocycles. The largest absolute Gasteiger partial charge is 0.378 e. The van der Waals surface area contributed by atoms with E-state index in [1.54, 1.807) is 48.5 Å². The zero-order valence-electron chi connectivity index (χ0n) is 10.6. The highest BCUT2D eigenvalue weighted by Gasteiger charge is 2.17. The lowest BCUT2D eigenvalue weighted by Gasteiger charge is -2.12. The van der Waals surface area contributed by atoms with Crippen LogP contribution < -0.4 is 11.1 Å². The summed E-state index contributed by atoms with van der Waals surface area (Å²) in [6, 6.07) is 14.8. The fourth-order valence-corrected chi connectivity index (χ4v) is 1.75. The van der Waals surface area contributed by atoms with Crippen LogP contribution in [0.15, 0.2) is 54.6 Å². The van der Waals surface area contributed by atoms with Gasteiger partial charge in [0.05, 0.1) is 0 Å². The second-order valence-corrected chi connectivity index (χ2v) is 4.25. The lowest BCUT2D eigenvalue weighted by molar-refractivity contribution is -0.124. The lowest BCUT2D eigenvalue weighted by Crippen LogP contribution is -2.21. The standard InChI is InChI=1S/C15H14N2O3/c16-14(19)11-7-4-8-12(9-11)17-15(20)13(18)10-5-2-1-3-6-10/h1-9,13,18H,(H2,16,19)(H,17,20). The molecule has 102 valence electrons. The molecular formula is C15H14N2O3. The van der Waals surface area contributed by atoms with E-state index in [9.17, 15) is 14.7 Å². The molecule has 2 rings (SSSR count). The SMILES string of the molecule is NC(=O)c1cccc(NC(=O)C(O)c2ccccc2)c1. The van der Waals surface area contributed by atoms with E-state index in [0.29, 0.717) is 11.3 Å². The molecule has 2 aromatic carbocycles. The monoisotopic (exact) mass is 270 g/mol. The van der Waals surface area contributed by atoms with E-state index in [-0.39, 0.29) is 5.56 Å². The van der Waals surface area contributed by atoms with Crippen molar-refractivity contribution in [3.05, 3.63) is 65.7 Å². The van der Waals surface area contributed by atoms with Gasteiger partial charge in [0.25, 0.3) is 5.91 Å². The molecule has 1 unspecified atom stereocenters. The Bertz CT molecular complexity index is 626. The molecule has 0 fully saturated rings. The predicted molar refractivity (Wildman–Crippen MR) is 75.0 cm³/mol. The van der Waals surface area contributed by atoms with Crippen molar-refractivity contribution < 1.29 is 14.7 Å². The first kappa shape index (κ1) is 13.8. The highest BCUT2D eigenvalue weighted by molar-refractivity contribution is 5.97. The van der Waals surface area contributed by atoms with Crippen molar-refractivity contribution in [3.8, 4) is 0 Å². The van der Waals surface area contributed by atoms with Gasteiger partial charge in [0, 0.05) is 11.3 Å². The van der Waals surface area contributed by atoms with Gasteiger partial charge in [-0.15, -0.1) is 0 Å². The Hall–Kier alpha value is -2.66. The Balaban J connectivity index is 2.12. The van der Waals surface area contributed by atoms with Crippen LogP contribution >= 0.6 is 0 Å². The molecule has 0 aliphatic rings. The van der Waals surface area contributed by atoms with Gasteiger partial charge in [-0.1, -0.05) is 36.4 Å². The van der Waals surface area contributed by atoms with Crippen molar-refractivity contribution >= 4 is 17.5 Å². The Morgan fingerprint density at radius 2 is 1.75 bits per heavy atom. The zero-order valence-corrected chi connectivity index (χ0v) is 10.6. The lowest BCUT2D eigenvalue weighted by atomic mass is 10.1. The average molecular weight is 270 g/mol. The van der Waals surface area contributed by atoms with E-state index in [2.05, 4.69) is 5.32 Å². The summed E-state index contributed by atoms with van der Waals surface area (Å²) in [5.74, 6) is -1.15. The molecule has 0 saturated carbocycles. The average Bonchev–Trinajstić information content (AvgIpc) is 2.47. The summed E-state index contributed by atoms with van der Waals surface area (Å²) in [5, 5.41) is 12.5. The molecule has 0 bridgehead atoms. The number of benzene rings is 2. The second kappa shape index (κ2) is 5.99. The molecule has 0 spiro atoms. The van der Waals surface area contributed by atoms with Gasteiger partial charge in [0.1, 0.15) is 0 Å². The number of hydrogen-bond donors (Lipinski definition) is 3. The maximum absolute atomic E-state index is 11.9. The summed E-state index contributed by atoms with van der Waals surface area (Å²) in [6.45, 7) is 0. The van der Waals surface area contributed by atoms with Crippen LogP contribution in [0.1, 0.15) is 22.0 Å². The van der Waals surface area contributed by atoms with Crippen LogP contribution in [0.3, 0.4) is 0 Å². The highest BCUT2D eigenvalue weighted by Crippen LogP contribution is 2.16. The first-order valence-electron chi connectivity index (χ1n) is 6.01. The van der Waals surface area contributed by atoms with Gasteiger partial charge in [0.2, 0.25) is 5.91 Å². The Kier molecular flexibility index (Phi) is 4.12. The number of aliphatic hydroxyl groups is 1. The molecule has 0 heterocycles. The maximum atomic E-state index is 11.9. The Morgan fingerprint density at radius 3 is 2.40 bits per heavy atom. The Labute approximate surface area is 116 Å². The number of carbonyl (C=O) groups is 2. The van der Waals surface area contributed by atoms with Crippen molar-refractivity contribution in [2.45, 2.75) is 6.10 Å². The van der Waals surface area contributed by atoms with Gasteiger partial charge in [-0.05, 0) is 23.8 Å². The van der Waals surface area contributed by atoms with Crippen molar-refractivity contribution in [2.24, 2.45) is 5.73 Å². The summed E-state index contributed by atoms with van der Waals surface area (Å²) in [6.07, 6.45) is -1.27. The van der Waals surface area contributed by atoms with E-state index in [1.807, 2.05) is 0 Å². The third-order valence-corrected chi connectivity index (χ3v) is 2.78. The summed E-state index contributed by atoms with van der Waals surface area (Å²) in [4.78, 5) is 23.0. The van der Waals surface area contributed by atoms with Gasteiger partial charge >= 0.3 is 0 Å². The molecular weight excluding hydrogens is 256 g/mol. The molecule has 5 nitrogen and oxygen atoms in total. The van der Waals surface area contributed by atoms with E-state index in [4.69, 9.17) is 5.73 Å². The molecule has 1 atom stereocenters. The summed E-state index contributed by atoms with van der Waals surface area (Å²) in [5.41, 5.74) is 6.35. The van der Waals surface area contributed by atoms with E-state index < -0.39 is 17.9 Å². The minimum Gasteiger partial charge on any atom is -0.378 e.